The topological polar surface area (TPSA) is 45.4 Å². The molecule has 1 unspecified atom stereocenters. The van der Waals surface area contributed by atoms with Gasteiger partial charge in [0.1, 0.15) is 0 Å². The van der Waals surface area contributed by atoms with E-state index in [9.17, 15) is 4.79 Å². The summed E-state index contributed by atoms with van der Waals surface area (Å²) in [6.45, 7) is 2.63. The van der Waals surface area contributed by atoms with Gasteiger partial charge in [-0.2, -0.15) is 0 Å². The van der Waals surface area contributed by atoms with Gasteiger partial charge in [-0.05, 0) is 31.4 Å². The van der Waals surface area contributed by atoms with Crippen LogP contribution in [0.2, 0.25) is 0 Å². The molecule has 0 N–H and O–H groups in total. The normalized spacial score (nSPS) is 22.2. The Morgan fingerprint density at radius 3 is 2.71 bits per heavy atom. The van der Waals surface area contributed by atoms with E-state index >= 15 is 0 Å². The van der Waals surface area contributed by atoms with Crippen molar-refractivity contribution in [3.05, 3.63) is 34.7 Å². The standard InChI is InChI=1S/C16H20N2O3/c19-16-17(8-10-21-13-7-9-20-11-13)14-3-1-2-4-15(14)18(16)12-5-6-12/h1-4,12-13H,5-11H2. The maximum atomic E-state index is 12.6. The summed E-state index contributed by atoms with van der Waals surface area (Å²) in [6, 6.07) is 8.44. The molecule has 4 rings (SSSR count). The predicted molar refractivity (Wildman–Crippen MR) is 79.6 cm³/mol. The van der Waals surface area contributed by atoms with Crippen LogP contribution in [0.15, 0.2) is 29.1 Å². The Morgan fingerprint density at radius 2 is 2.00 bits per heavy atom. The first-order chi connectivity index (χ1) is 10.3. The second-order valence-corrected chi connectivity index (χ2v) is 5.88. The van der Waals surface area contributed by atoms with Crippen molar-refractivity contribution in [1.82, 2.24) is 9.13 Å². The molecule has 1 aromatic heterocycles. The van der Waals surface area contributed by atoms with Crippen molar-refractivity contribution in [3.8, 4) is 0 Å². The minimum Gasteiger partial charge on any atom is -0.379 e. The molecule has 112 valence electrons. The van der Waals surface area contributed by atoms with Gasteiger partial charge in [-0.25, -0.2) is 4.79 Å². The first kappa shape index (κ1) is 13.1. The Kier molecular flexibility index (Phi) is 3.31. The van der Waals surface area contributed by atoms with Crippen LogP contribution in [0.1, 0.15) is 25.3 Å². The SMILES string of the molecule is O=c1n(CCOC2CCOC2)c2ccccc2n1C1CC1. The Labute approximate surface area is 123 Å². The van der Waals surface area contributed by atoms with E-state index in [0.29, 0.717) is 25.8 Å². The van der Waals surface area contributed by atoms with Gasteiger partial charge in [0, 0.05) is 12.6 Å². The minimum absolute atomic E-state index is 0.102. The molecular weight excluding hydrogens is 268 g/mol. The molecule has 0 spiro atoms. The summed E-state index contributed by atoms with van der Waals surface area (Å²) in [5.41, 5.74) is 2.17. The third kappa shape index (κ3) is 2.40. The van der Waals surface area contributed by atoms with E-state index < -0.39 is 0 Å². The van der Waals surface area contributed by atoms with E-state index in [1.54, 1.807) is 0 Å². The quantitative estimate of drug-likeness (QED) is 0.844. The fourth-order valence-corrected chi connectivity index (χ4v) is 3.09. The number of para-hydroxylation sites is 2. The van der Waals surface area contributed by atoms with Gasteiger partial charge in [0.25, 0.3) is 0 Å². The van der Waals surface area contributed by atoms with Crippen LogP contribution < -0.4 is 5.69 Å². The number of rotatable bonds is 5. The molecule has 21 heavy (non-hydrogen) atoms. The summed E-state index contributed by atoms with van der Waals surface area (Å²) < 4.78 is 14.9. The lowest BCUT2D eigenvalue weighted by Crippen LogP contribution is -2.26. The van der Waals surface area contributed by atoms with Crippen molar-refractivity contribution in [2.45, 2.75) is 38.0 Å². The number of aromatic nitrogens is 2. The zero-order valence-electron chi connectivity index (χ0n) is 12.0. The molecule has 5 heteroatoms. The summed E-state index contributed by atoms with van der Waals surface area (Å²) in [5, 5.41) is 0. The van der Waals surface area contributed by atoms with Crippen LogP contribution >= 0.6 is 0 Å². The molecule has 2 aromatic rings. The maximum absolute atomic E-state index is 12.6. The molecule has 1 aliphatic heterocycles. The van der Waals surface area contributed by atoms with E-state index in [-0.39, 0.29) is 11.8 Å². The summed E-state index contributed by atoms with van der Waals surface area (Å²) in [7, 11) is 0. The molecule has 1 aromatic carbocycles. The Bertz CT molecular complexity index is 693. The van der Waals surface area contributed by atoms with Gasteiger partial charge >= 0.3 is 5.69 Å². The largest absolute Gasteiger partial charge is 0.379 e. The zero-order chi connectivity index (χ0) is 14.2. The van der Waals surface area contributed by atoms with Crippen molar-refractivity contribution in [2.24, 2.45) is 0 Å². The lowest BCUT2D eigenvalue weighted by molar-refractivity contribution is 0.0384. The summed E-state index contributed by atoms with van der Waals surface area (Å²) in [4.78, 5) is 12.6. The Hall–Kier alpha value is -1.59. The molecule has 1 atom stereocenters. The lowest BCUT2D eigenvalue weighted by atomic mass is 10.3. The highest BCUT2D eigenvalue weighted by Crippen LogP contribution is 2.36. The summed E-state index contributed by atoms with van der Waals surface area (Å²) in [6.07, 6.45) is 3.38. The van der Waals surface area contributed by atoms with Gasteiger partial charge in [-0.15, -0.1) is 0 Å². The van der Waals surface area contributed by atoms with Gasteiger partial charge in [0.15, 0.2) is 0 Å². The number of hydrogen-bond acceptors (Lipinski definition) is 3. The number of hydrogen-bond donors (Lipinski definition) is 0. The summed E-state index contributed by atoms with van der Waals surface area (Å²) >= 11 is 0. The smallest absolute Gasteiger partial charge is 0.329 e. The first-order valence-corrected chi connectivity index (χ1v) is 7.74. The Balaban J connectivity index is 1.58. The average Bonchev–Trinajstić information content (AvgIpc) is 3.11. The fourth-order valence-electron chi connectivity index (χ4n) is 3.09. The van der Waals surface area contributed by atoms with Gasteiger partial charge < -0.3 is 9.47 Å². The zero-order valence-corrected chi connectivity index (χ0v) is 12.0. The second-order valence-electron chi connectivity index (χ2n) is 5.88. The first-order valence-electron chi connectivity index (χ1n) is 7.74. The van der Waals surface area contributed by atoms with Crippen molar-refractivity contribution in [3.63, 3.8) is 0 Å². The van der Waals surface area contributed by atoms with Crippen molar-refractivity contribution in [2.75, 3.05) is 19.8 Å². The van der Waals surface area contributed by atoms with E-state index in [0.717, 1.165) is 36.9 Å². The van der Waals surface area contributed by atoms with Gasteiger partial charge in [0.05, 0.1) is 36.9 Å². The molecule has 2 aliphatic rings. The van der Waals surface area contributed by atoms with E-state index in [1.165, 1.54) is 0 Å². The van der Waals surface area contributed by atoms with Crippen molar-refractivity contribution in [1.29, 1.82) is 0 Å². The van der Waals surface area contributed by atoms with Crippen LogP contribution in [0, 0.1) is 0 Å². The maximum Gasteiger partial charge on any atom is 0.329 e. The molecule has 1 saturated carbocycles. The lowest BCUT2D eigenvalue weighted by Gasteiger charge is -2.10. The van der Waals surface area contributed by atoms with E-state index in [4.69, 9.17) is 9.47 Å². The molecule has 1 saturated heterocycles. The Morgan fingerprint density at radius 1 is 1.19 bits per heavy atom. The number of fused-ring (bicyclic) bond motifs is 1. The van der Waals surface area contributed by atoms with Crippen LogP contribution in [0.25, 0.3) is 11.0 Å². The molecule has 0 bridgehead atoms. The van der Waals surface area contributed by atoms with Gasteiger partial charge in [-0.3, -0.25) is 9.13 Å². The van der Waals surface area contributed by atoms with Gasteiger partial charge in [-0.1, -0.05) is 12.1 Å². The van der Waals surface area contributed by atoms with Crippen molar-refractivity contribution < 1.29 is 9.47 Å². The summed E-state index contributed by atoms with van der Waals surface area (Å²) in [5.74, 6) is 0. The predicted octanol–water partition coefficient (Wildman–Crippen LogP) is 1.94. The highest BCUT2D eigenvalue weighted by Gasteiger charge is 2.28. The number of nitrogens with zero attached hydrogens (tertiary/aromatic N) is 2. The number of ether oxygens (including phenoxy) is 2. The molecule has 2 fully saturated rings. The van der Waals surface area contributed by atoms with E-state index in [1.807, 2.05) is 33.4 Å². The third-order valence-corrected chi connectivity index (χ3v) is 4.34. The molecule has 0 amide bonds. The third-order valence-electron chi connectivity index (χ3n) is 4.34. The minimum atomic E-state index is 0.102. The molecule has 5 nitrogen and oxygen atoms in total. The highest BCUT2D eigenvalue weighted by atomic mass is 16.5. The van der Waals surface area contributed by atoms with E-state index in [2.05, 4.69) is 0 Å². The van der Waals surface area contributed by atoms with Crippen LogP contribution in [0.5, 0.6) is 0 Å². The van der Waals surface area contributed by atoms with Crippen LogP contribution in [-0.2, 0) is 16.0 Å². The average molecular weight is 288 g/mol. The molecule has 2 heterocycles. The monoisotopic (exact) mass is 288 g/mol. The molecule has 0 radical (unpaired) electrons. The van der Waals surface area contributed by atoms with Crippen LogP contribution in [0.3, 0.4) is 0 Å². The van der Waals surface area contributed by atoms with Crippen LogP contribution in [-0.4, -0.2) is 35.1 Å². The fraction of sp³-hybridized carbons (Fsp3) is 0.562. The highest BCUT2D eigenvalue weighted by molar-refractivity contribution is 5.76. The van der Waals surface area contributed by atoms with Crippen molar-refractivity contribution >= 4 is 11.0 Å². The van der Waals surface area contributed by atoms with Gasteiger partial charge in [0.2, 0.25) is 0 Å². The number of benzene rings is 1. The second kappa shape index (κ2) is 5.31. The number of imidazole rings is 1. The molecular formula is C16H20N2O3. The molecule has 1 aliphatic carbocycles. The van der Waals surface area contributed by atoms with Crippen LogP contribution in [0.4, 0.5) is 0 Å².